The van der Waals surface area contributed by atoms with Crippen molar-refractivity contribution in [3.63, 3.8) is 0 Å². The number of aryl methyl sites for hydroxylation is 3. The van der Waals surface area contributed by atoms with Crippen LogP contribution in [-0.4, -0.2) is 0 Å². The predicted molar refractivity (Wildman–Crippen MR) is 181 cm³/mol. The Morgan fingerprint density at radius 1 is 0.359 bits per heavy atom. The third-order valence-electron chi connectivity index (χ3n) is 5.66. The molecule has 0 radical (unpaired) electrons. The van der Waals surface area contributed by atoms with Gasteiger partial charge in [0.25, 0.3) is 0 Å². The van der Waals surface area contributed by atoms with Gasteiger partial charge in [-0.15, -0.1) is 0 Å². The van der Waals surface area contributed by atoms with Crippen LogP contribution in [0, 0.1) is 6.92 Å². The van der Waals surface area contributed by atoms with Crippen LogP contribution in [0.3, 0.4) is 0 Å². The van der Waals surface area contributed by atoms with Gasteiger partial charge in [0.05, 0.1) is 0 Å². The smallest absolute Gasteiger partial charge is 0.00135 e. The number of benzene rings is 4. The van der Waals surface area contributed by atoms with Crippen LogP contribution in [0.25, 0.3) is 11.1 Å². The fourth-order valence-electron chi connectivity index (χ4n) is 4.13. The van der Waals surface area contributed by atoms with Crippen molar-refractivity contribution in [1.82, 2.24) is 0 Å². The Morgan fingerprint density at radius 2 is 0.667 bits per heavy atom. The molecule has 0 heterocycles. The molecule has 4 aromatic rings. The molecule has 0 N–H and O–H groups in total. The molecule has 6 rings (SSSR count). The molecule has 0 amide bonds. The maximum Gasteiger partial charge on any atom is -0.00135 e. The molecule has 0 nitrogen and oxygen atoms in total. The Balaban J connectivity index is 0. The zero-order valence-electron chi connectivity index (χ0n) is 27.1. The van der Waals surface area contributed by atoms with Gasteiger partial charge in [-0.2, -0.15) is 0 Å². The van der Waals surface area contributed by atoms with E-state index in [1.54, 1.807) is 11.1 Å². The first kappa shape index (κ1) is 38.0. The van der Waals surface area contributed by atoms with Gasteiger partial charge < -0.3 is 0 Å². The number of fused-ring (bicyclic) bond motifs is 4. The van der Waals surface area contributed by atoms with Gasteiger partial charge in [-0.25, -0.2) is 0 Å². The van der Waals surface area contributed by atoms with E-state index in [1.807, 2.05) is 87.4 Å². The second kappa shape index (κ2) is 26.5. The van der Waals surface area contributed by atoms with Crippen LogP contribution in [-0.2, 0) is 19.3 Å². The van der Waals surface area contributed by atoms with Crippen molar-refractivity contribution in [1.29, 1.82) is 0 Å². The van der Waals surface area contributed by atoms with Crippen LogP contribution in [0.2, 0.25) is 0 Å². The summed E-state index contributed by atoms with van der Waals surface area (Å²) in [6, 6.07) is 36.3. The predicted octanol–water partition coefficient (Wildman–Crippen LogP) is 12.6. The van der Waals surface area contributed by atoms with E-state index in [0.29, 0.717) is 0 Å². The lowest BCUT2D eigenvalue weighted by Crippen LogP contribution is -1.77. The molecule has 2 aliphatic rings. The summed E-state index contributed by atoms with van der Waals surface area (Å²) < 4.78 is 0. The normalized spacial score (nSPS) is 10.0. The van der Waals surface area contributed by atoms with Crippen molar-refractivity contribution < 1.29 is 0 Å². The van der Waals surface area contributed by atoms with Gasteiger partial charge in [0, 0.05) is 0 Å². The molecule has 0 aromatic heterocycles. The monoisotopic (exact) mass is 526 g/mol. The zero-order chi connectivity index (χ0) is 29.9. The maximum atomic E-state index is 2.24. The molecule has 0 heteroatoms. The van der Waals surface area contributed by atoms with Gasteiger partial charge in [0.1, 0.15) is 0 Å². The molecule has 0 spiro atoms. The highest BCUT2D eigenvalue weighted by Gasteiger charge is 2.15. The van der Waals surface area contributed by atoms with Crippen molar-refractivity contribution in [3.8, 4) is 11.1 Å². The summed E-state index contributed by atoms with van der Waals surface area (Å²) in [5.74, 6) is 0. The Hall–Kier alpha value is -3.12. The zero-order valence-corrected chi connectivity index (χ0v) is 27.1. The van der Waals surface area contributed by atoms with E-state index >= 15 is 0 Å². The van der Waals surface area contributed by atoms with E-state index in [2.05, 4.69) is 91.9 Å². The first-order valence-corrected chi connectivity index (χ1v) is 15.6. The largest absolute Gasteiger partial charge is 0.0683 e. The SMILES string of the molecule is CC.CC.CC.CC.CC.Cc1ccccc1.c1ccc2c(c1)CCC2.c1ccc2c(c1)Cc1ccccc1-2. The lowest BCUT2D eigenvalue weighted by molar-refractivity contribution is 0.912. The lowest BCUT2D eigenvalue weighted by Gasteiger charge is -1.98. The molecule has 0 saturated carbocycles. The van der Waals surface area contributed by atoms with Crippen LogP contribution in [0.4, 0.5) is 0 Å². The Morgan fingerprint density at radius 3 is 1.00 bits per heavy atom. The van der Waals surface area contributed by atoms with Crippen LogP contribution in [0.15, 0.2) is 103 Å². The highest BCUT2D eigenvalue weighted by molar-refractivity contribution is 5.76. The summed E-state index contributed by atoms with van der Waals surface area (Å²) in [7, 11) is 0. The van der Waals surface area contributed by atoms with E-state index in [-0.39, 0.29) is 0 Å². The maximum absolute atomic E-state index is 2.24. The molecule has 0 unspecified atom stereocenters. The van der Waals surface area contributed by atoms with E-state index < -0.39 is 0 Å². The number of hydrogen-bond acceptors (Lipinski definition) is 0. The molecular weight excluding hydrogens is 468 g/mol. The van der Waals surface area contributed by atoms with E-state index in [0.717, 1.165) is 6.42 Å². The molecule has 2 aliphatic carbocycles. The third-order valence-corrected chi connectivity index (χ3v) is 5.66. The van der Waals surface area contributed by atoms with Crippen LogP contribution >= 0.6 is 0 Å². The lowest BCUT2D eigenvalue weighted by atomic mass is 10.1. The second-order valence-corrected chi connectivity index (χ2v) is 7.77. The van der Waals surface area contributed by atoms with Crippen molar-refractivity contribution in [2.75, 3.05) is 0 Å². The summed E-state index contributed by atoms with van der Waals surface area (Å²) in [6.07, 6.45) is 5.07. The molecule has 0 aliphatic heterocycles. The minimum Gasteiger partial charge on any atom is -0.0683 e. The highest BCUT2D eigenvalue weighted by Crippen LogP contribution is 2.35. The van der Waals surface area contributed by atoms with Gasteiger partial charge in [0.15, 0.2) is 0 Å². The summed E-state index contributed by atoms with van der Waals surface area (Å²) in [5, 5.41) is 0. The van der Waals surface area contributed by atoms with Gasteiger partial charge in [0.2, 0.25) is 0 Å². The van der Waals surface area contributed by atoms with E-state index in [1.165, 1.54) is 47.1 Å². The Kier molecular flexibility index (Phi) is 25.8. The van der Waals surface area contributed by atoms with Crippen molar-refractivity contribution >= 4 is 0 Å². The van der Waals surface area contributed by atoms with Crippen molar-refractivity contribution in [2.24, 2.45) is 0 Å². The summed E-state index contributed by atoms with van der Waals surface area (Å²) in [5.41, 5.74) is 10.2. The van der Waals surface area contributed by atoms with Gasteiger partial charge in [-0.05, 0) is 66.0 Å². The molecular formula is C39H58. The van der Waals surface area contributed by atoms with Crippen LogP contribution in [0.1, 0.15) is 103 Å². The first-order valence-electron chi connectivity index (χ1n) is 15.6. The van der Waals surface area contributed by atoms with Crippen LogP contribution in [0.5, 0.6) is 0 Å². The fourth-order valence-corrected chi connectivity index (χ4v) is 4.13. The average Bonchev–Trinajstić information content (AvgIpc) is 3.68. The number of hydrogen-bond donors (Lipinski definition) is 0. The Labute approximate surface area is 243 Å². The van der Waals surface area contributed by atoms with Gasteiger partial charge >= 0.3 is 0 Å². The van der Waals surface area contributed by atoms with Crippen LogP contribution < -0.4 is 0 Å². The van der Waals surface area contributed by atoms with Gasteiger partial charge in [-0.1, -0.05) is 178 Å². The Bertz CT molecular complexity index is 993. The molecule has 0 fully saturated rings. The molecule has 0 bridgehead atoms. The number of rotatable bonds is 0. The highest BCUT2D eigenvalue weighted by atomic mass is 14.2. The minimum atomic E-state index is 1.10. The van der Waals surface area contributed by atoms with Crippen molar-refractivity contribution in [2.45, 2.75) is 102 Å². The first-order chi connectivity index (χ1) is 19.3. The topological polar surface area (TPSA) is 0 Å². The standard InChI is InChI=1S/C13H10.C9H10.C7H8.5C2H6/c1-3-7-12-10(5-1)9-11-6-2-4-8-13(11)12;1-2-5-9-7-3-6-8(9)4-1;1-7-5-3-2-4-6-7;5*1-2/h1-8H,9H2;1-2,4-5H,3,6-7H2;2-6H,1H3;5*1-2H3. The van der Waals surface area contributed by atoms with Crippen molar-refractivity contribution in [3.05, 3.63) is 131 Å². The summed E-state index contributed by atoms with van der Waals surface area (Å²) in [4.78, 5) is 0. The fraction of sp³-hybridized carbons (Fsp3) is 0.385. The van der Waals surface area contributed by atoms with E-state index in [4.69, 9.17) is 0 Å². The molecule has 214 valence electrons. The molecule has 0 saturated heterocycles. The summed E-state index contributed by atoms with van der Waals surface area (Å²) in [6.45, 7) is 22.1. The summed E-state index contributed by atoms with van der Waals surface area (Å²) >= 11 is 0. The minimum absolute atomic E-state index is 1.10. The van der Waals surface area contributed by atoms with E-state index in [9.17, 15) is 0 Å². The molecule has 39 heavy (non-hydrogen) atoms. The molecule has 0 atom stereocenters. The third kappa shape index (κ3) is 14.0. The van der Waals surface area contributed by atoms with Gasteiger partial charge in [-0.3, -0.25) is 0 Å². The average molecular weight is 527 g/mol. The molecule has 4 aromatic carbocycles. The second-order valence-electron chi connectivity index (χ2n) is 7.77. The quantitative estimate of drug-likeness (QED) is 0.188.